The number of amides is 1. The van der Waals surface area contributed by atoms with Crippen molar-refractivity contribution < 1.29 is 9.53 Å². The van der Waals surface area contributed by atoms with E-state index in [2.05, 4.69) is 15.9 Å². The SMILES string of the molecule is CC1CC(C(N)=O)(c2cccc(Br)c2)O1. The van der Waals surface area contributed by atoms with Crippen LogP contribution in [0, 0.1) is 0 Å². The zero-order valence-electron chi connectivity index (χ0n) is 8.37. The molecule has 15 heavy (non-hydrogen) atoms. The van der Waals surface area contributed by atoms with Gasteiger partial charge in [-0.3, -0.25) is 4.79 Å². The summed E-state index contributed by atoms with van der Waals surface area (Å²) in [6.07, 6.45) is 0.746. The van der Waals surface area contributed by atoms with Crippen LogP contribution < -0.4 is 5.73 Å². The molecule has 0 aromatic heterocycles. The van der Waals surface area contributed by atoms with Crippen LogP contribution in [-0.4, -0.2) is 12.0 Å². The fraction of sp³-hybridized carbons (Fsp3) is 0.364. The highest BCUT2D eigenvalue weighted by atomic mass is 79.9. The number of primary amides is 1. The molecule has 0 bridgehead atoms. The van der Waals surface area contributed by atoms with E-state index in [0.29, 0.717) is 6.42 Å². The first-order valence-corrected chi connectivity index (χ1v) is 5.58. The Morgan fingerprint density at radius 2 is 2.33 bits per heavy atom. The van der Waals surface area contributed by atoms with Gasteiger partial charge in [0.2, 0.25) is 0 Å². The van der Waals surface area contributed by atoms with Gasteiger partial charge >= 0.3 is 0 Å². The Balaban J connectivity index is 2.39. The highest BCUT2D eigenvalue weighted by Gasteiger charge is 2.50. The molecule has 1 heterocycles. The molecule has 80 valence electrons. The maximum absolute atomic E-state index is 11.4. The highest BCUT2D eigenvalue weighted by molar-refractivity contribution is 9.10. The summed E-state index contributed by atoms with van der Waals surface area (Å²) < 4.78 is 6.45. The maximum Gasteiger partial charge on any atom is 0.254 e. The van der Waals surface area contributed by atoms with E-state index in [-0.39, 0.29) is 6.10 Å². The summed E-state index contributed by atoms with van der Waals surface area (Å²) in [4.78, 5) is 11.4. The van der Waals surface area contributed by atoms with Crippen LogP contribution in [-0.2, 0) is 15.1 Å². The normalized spacial score (nSPS) is 29.6. The average Bonchev–Trinajstić information content (AvgIpc) is 2.12. The molecule has 1 fully saturated rings. The van der Waals surface area contributed by atoms with E-state index in [9.17, 15) is 4.79 Å². The van der Waals surface area contributed by atoms with Crippen molar-refractivity contribution in [3.05, 3.63) is 34.3 Å². The van der Waals surface area contributed by atoms with Gasteiger partial charge in [0.15, 0.2) is 5.60 Å². The highest BCUT2D eigenvalue weighted by Crippen LogP contribution is 2.42. The number of carbonyl (C=O) groups excluding carboxylic acids is 1. The quantitative estimate of drug-likeness (QED) is 0.892. The molecule has 0 saturated carbocycles. The zero-order valence-corrected chi connectivity index (χ0v) is 9.95. The number of halogens is 1. The molecule has 1 amide bonds. The summed E-state index contributed by atoms with van der Waals surface area (Å²) in [5.41, 5.74) is 5.31. The molecular weight excluding hydrogens is 258 g/mol. The number of nitrogens with two attached hydrogens (primary N) is 1. The number of benzene rings is 1. The maximum atomic E-state index is 11.4. The number of ether oxygens (including phenoxy) is 1. The summed E-state index contributed by atoms with van der Waals surface area (Å²) in [5.74, 6) is -0.418. The third-order valence-corrected chi connectivity index (χ3v) is 3.16. The predicted molar refractivity (Wildman–Crippen MR) is 60.2 cm³/mol. The van der Waals surface area contributed by atoms with Gasteiger partial charge in [-0.25, -0.2) is 0 Å². The van der Waals surface area contributed by atoms with E-state index in [1.165, 1.54) is 0 Å². The number of carbonyl (C=O) groups is 1. The molecule has 2 atom stereocenters. The minimum absolute atomic E-state index is 0.0940. The van der Waals surface area contributed by atoms with E-state index >= 15 is 0 Å². The Morgan fingerprint density at radius 1 is 1.67 bits per heavy atom. The average molecular weight is 270 g/mol. The lowest BCUT2D eigenvalue weighted by molar-refractivity contribution is -0.206. The Kier molecular flexibility index (Phi) is 2.56. The lowest BCUT2D eigenvalue weighted by Crippen LogP contribution is -2.55. The molecule has 0 spiro atoms. The van der Waals surface area contributed by atoms with E-state index in [4.69, 9.17) is 10.5 Å². The molecule has 1 aliphatic heterocycles. The summed E-state index contributed by atoms with van der Waals surface area (Å²) in [6, 6.07) is 7.51. The molecule has 3 nitrogen and oxygen atoms in total. The molecule has 2 unspecified atom stereocenters. The van der Waals surface area contributed by atoms with Gasteiger partial charge in [-0.05, 0) is 24.6 Å². The van der Waals surface area contributed by atoms with Crippen LogP contribution in [0.4, 0.5) is 0 Å². The van der Waals surface area contributed by atoms with Gasteiger partial charge in [0.05, 0.1) is 6.10 Å². The van der Waals surface area contributed by atoms with Crippen molar-refractivity contribution >= 4 is 21.8 Å². The Morgan fingerprint density at radius 3 is 2.80 bits per heavy atom. The lowest BCUT2D eigenvalue weighted by Gasteiger charge is -2.44. The van der Waals surface area contributed by atoms with Crippen LogP contribution >= 0.6 is 15.9 Å². The third-order valence-electron chi connectivity index (χ3n) is 2.67. The third kappa shape index (κ3) is 1.68. The fourth-order valence-corrected chi connectivity index (χ4v) is 2.36. The molecular formula is C11H12BrNO2. The number of hydrogen-bond donors (Lipinski definition) is 1. The van der Waals surface area contributed by atoms with E-state index in [0.717, 1.165) is 10.0 Å². The first-order valence-electron chi connectivity index (χ1n) is 4.78. The van der Waals surface area contributed by atoms with Crippen molar-refractivity contribution in [2.45, 2.75) is 25.0 Å². The summed E-state index contributed by atoms with van der Waals surface area (Å²) in [7, 11) is 0. The van der Waals surface area contributed by atoms with Crippen molar-refractivity contribution in [1.29, 1.82) is 0 Å². The summed E-state index contributed by atoms with van der Waals surface area (Å²) in [5, 5.41) is 0. The van der Waals surface area contributed by atoms with Crippen molar-refractivity contribution in [3.8, 4) is 0 Å². The molecule has 1 saturated heterocycles. The van der Waals surface area contributed by atoms with Gasteiger partial charge in [0.1, 0.15) is 0 Å². The van der Waals surface area contributed by atoms with E-state index in [1.54, 1.807) is 0 Å². The van der Waals surface area contributed by atoms with E-state index in [1.807, 2.05) is 31.2 Å². The van der Waals surface area contributed by atoms with Crippen LogP contribution in [0.15, 0.2) is 28.7 Å². The molecule has 4 heteroatoms. The summed E-state index contributed by atoms with van der Waals surface area (Å²) in [6.45, 7) is 1.93. The van der Waals surface area contributed by atoms with Gasteiger partial charge < -0.3 is 10.5 Å². The van der Waals surface area contributed by atoms with Crippen molar-refractivity contribution in [3.63, 3.8) is 0 Å². The van der Waals surface area contributed by atoms with Crippen LogP contribution in [0.3, 0.4) is 0 Å². The van der Waals surface area contributed by atoms with Crippen LogP contribution in [0.25, 0.3) is 0 Å². The van der Waals surface area contributed by atoms with Gasteiger partial charge in [0.25, 0.3) is 5.91 Å². The van der Waals surface area contributed by atoms with Crippen LogP contribution in [0.1, 0.15) is 18.9 Å². The molecule has 1 aliphatic rings. The zero-order chi connectivity index (χ0) is 11.1. The molecule has 2 rings (SSSR count). The topological polar surface area (TPSA) is 52.3 Å². The van der Waals surface area contributed by atoms with E-state index < -0.39 is 11.5 Å². The van der Waals surface area contributed by atoms with Gasteiger partial charge in [0, 0.05) is 10.9 Å². The molecule has 0 radical (unpaired) electrons. The minimum Gasteiger partial charge on any atom is -0.367 e. The van der Waals surface area contributed by atoms with Gasteiger partial charge in [-0.1, -0.05) is 28.1 Å². The Bertz CT molecular complexity index is 399. The second-order valence-electron chi connectivity index (χ2n) is 3.83. The monoisotopic (exact) mass is 269 g/mol. The van der Waals surface area contributed by atoms with Crippen molar-refractivity contribution in [1.82, 2.24) is 0 Å². The second kappa shape index (κ2) is 3.61. The minimum atomic E-state index is -0.913. The smallest absolute Gasteiger partial charge is 0.254 e. The molecule has 0 aliphatic carbocycles. The Labute approximate surface area is 96.7 Å². The molecule has 2 N–H and O–H groups in total. The fourth-order valence-electron chi connectivity index (χ4n) is 1.97. The first kappa shape index (κ1) is 10.6. The lowest BCUT2D eigenvalue weighted by atomic mass is 9.82. The van der Waals surface area contributed by atoms with Crippen LogP contribution in [0.5, 0.6) is 0 Å². The standard InChI is InChI=1S/C11H12BrNO2/c1-7-6-11(15-7,10(13)14)8-3-2-4-9(12)5-8/h2-5,7H,6H2,1H3,(H2,13,14). The van der Waals surface area contributed by atoms with Crippen LogP contribution in [0.2, 0.25) is 0 Å². The second-order valence-corrected chi connectivity index (χ2v) is 4.75. The largest absolute Gasteiger partial charge is 0.367 e. The van der Waals surface area contributed by atoms with Gasteiger partial charge in [-0.15, -0.1) is 0 Å². The van der Waals surface area contributed by atoms with Gasteiger partial charge in [-0.2, -0.15) is 0 Å². The number of hydrogen-bond acceptors (Lipinski definition) is 2. The number of rotatable bonds is 2. The summed E-state index contributed by atoms with van der Waals surface area (Å²) >= 11 is 3.36. The van der Waals surface area contributed by atoms with Crippen molar-refractivity contribution in [2.24, 2.45) is 5.73 Å². The molecule has 1 aromatic carbocycles. The predicted octanol–water partition coefficient (Wildman–Crippen LogP) is 1.94. The molecule has 1 aromatic rings. The first-order chi connectivity index (χ1) is 7.04. The Hall–Kier alpha value is -0.870. The van der Waals surface area contributed by atoms with Crippen molar-refractivity contribution in [2.75, 3.05) is 0 Å².